The minimum Gasteiger partial charge on any atom is -0.378 e. The van der Waals surface area contributed by atoms with Crippen molar-refractivity contribution in [3.8, 4) is 0 Å². The van der Waals surface area contributed by atoms with E-state index in [2.05, 4.69) is 18.3 Å². The van der Waals surface area contributed by atoms with Crippen molar-refractivity contribution in [1.82, 2.24) is 5.32 Å². The van der Waals surface area contributed by atoms with Crippen molar-refractivity contribution in [2.45, 2.75) is 58.1 Å². The number of halogens is 1. The number of benzene rings is 1. The van der Waals surface area contributed by atoms with Gasteiger partial charge >= 0.3 is 0 Å². The fraction of sp³-hybridized carbons (Fsp3) is 0.647. The van der Waals surface area contributed by atoms with Gasteiger partial charge in [-0.25, -0.2) is 4.39 Å². The van der Waals surface area contributed by atoms with Crippen LogP contribution in [0, 0.1) is 12.7 Å². The summed E-state index contributed by atoms with van der Waals surface area (Å²) in [7, 11) is 0. The Morgan fingerprint density at radius 3 is 2.85 bits per heavy atom. The van der Waals surface area contributed by atoms with Crippen molar-refractivity contribution in [3.05, 3.63) is 35.1 Å². The van der Waals surface area contributed by atoms with Crippen LogP contribution in [-0.4, -0.2) is 19.3 Å². The van der Waals surface area contributed by atoms with Gasteiger partial charge in [-0.1, -0.05) is 13.0 Å². The molecule has 1 aliphatic heterocycles. The van der Waals surface area contributed by atoms with E-state index in [9.17, 15) is 4.39 Å². The number of rotatable bonds is 6. The maximum atomic E-state index is 13.6. The van der Waals surface area contributed by atoms with E-state index in [1.54, 1.807) is 12.1 Å². The third-order valence-corrected chi connectivity index (χ3v) is 3.97. The van der Waals surface area contributed by atoms with Gasteiger partial charge in [-0.15, -0.1) is 0 Å². The molecule has 2 atom stereocenters. The first-order valence-electron chi connectivity index (χ1n) is 7.81. The van der Waals surface area contributed by atoms with E-state index in [4.69, 9.17) is 4.74 Å². The van der Waals surface area contributed by atoms with E-state index >= 15 is 0 Å². The topological polar surface area (TPSA) is 21.3 Å². The molecule has 2 rings (SSSR count). The van der Waals surface area contributed by atoms with E-state index in [1.165, 1.54) is 19.3 Å². The molecular formula is C17H26FNO. The van der Waals surface area contributed by atoms with Crippen LogP contribution in [0.2, 0.25) is 0 Å². The van der Waals surface area contributed by atoms with Gasteiger partial charge < -0.3 is 10.1 Å². The lowest BCUT2D eigenvalue weighted by Crippen LogP contribution is -2.25. The number of hydrogen-bond acceptors (Lipinski definition) is 2. The first-order valence-corrected chi connectivity index (χ1v) is 7.81. The standard InChI is InChI=1S/C17H26FNO/c1-3-19-17(8-7-16-6-4-5-9-20-16)14-10-13(2)11-15(18)12-14/h10-12,16-17,19H,3-9H2,1-2H3. The molecule has 1 aliphatic rings. The molecule has 0 radical (unpaired) electrons. The molecule has 0 amide bonds. The molecule has 1 aromatic rings. The zero-order valence-electron chi connectivity index (χ0n) is 12.6. The molecule has 0 bridgehead atoms. The Labute approximate surface area is 121 Å². The number of nitrogens with one attached hydrogen (secondary N) is 1. The summed E-state index contributed by atoms with van der Waals surface area (Å²) >= 11 is 0. The van der Waals surface area contributed by atoms with Gasteiger partial charge in [0.05, 0.1) is 6.10 Å². The lowest BCUT2D eigenvalue weighted by molar-refractivity contribution is 0.00856. The van der Waals surface area contributed by atoms with E-state index < -0.39 is 0 Å². The van der Waals surface area contributed by atoms with Crippen molar-refractivity contribution in [3.63, 3.8) is 0 Å². The van der Waals surface area contributed by atoms with Crippen molar-refractivity contribution in [2.24, 2.45) is 0 Å². The molecule has 0 spiro atoms. The fourth-order valence-corrected chi connectivity index (χ4v) is 2.99. The first-order chi connectivity index (χ1) is 9.69. The van der Waals surface area contributed by atoms with Gasteiger partial charge in [-0.05, 0) is 68.8 Å². The van der Waals surface area contributed by atoms with Crippen LogP contribution >= 0.6 is 0 Å². The molecule has 2 nitrogen and oxygen atoms in total. The summed E-state index contributed by atoms with van der Waals surface area (Å²) in [6.07, 6.45) is 6.07. The highest BCUT2D eigenvalue weighted by Crippen LogP contribution is 2.25. The van der Waals surface area contributed by atoms with Crippen molar-refractivity contribution < 1.29 is 9.13 Å². The Bertz CT molecular complexity index is 395. The van der Waals surface area contributed by atoms with Crippen LogP contribution in [0.25, 0.3) is 0 Å². The minimum atomic E-state index is -0.142. The Balaban J connectivity index is 1.98. The van der Waals surface area contributed by atoms with E-state index in [0.29, 0.717) is 6.10 Å². The van der Waals surface area contributed by atoms with Crippen LogP contribution in [0.1, 0.15) is 56.2 Å². The first kappa shape index (κ1) is 15.5. The predicted molar refractivity (Wildman–Crippen MR) is 80.4 cm³/mol. The largest absolute Gasteiger partial charge is 0.378 e. The molecule has 112 valence electrons. The Kier molecular flexibility index (Phi) is 5.99. The highest BCUT2D eigenvalue weighted by Gasteiger charge is 2.18. The maximum absolute atomic E-state index is 13.6. The SMILES string of the molecule is CCNC(CCC1CCCCO1)c1cc(C)cc(F)c1. The summed E-state index contributed by atoms with van der Waals surface area (Å²) in [4.78, 5) is 0. The predicted octanol–water partition coefficient (Wildman–Crippen LogP) is 4.13. The molecule has 1 saturated heterocycles. The van der Waals surface area contributed by atoms with Crippen molar-refractivity contribution in [1.29, 1.82) is 0 Å². The second-order valence-corrected chi connectivity index (χ2v) is 5.74. The fourth-order valence-electron chi connectivity index (χ4n) is 2.99. The molecule has 0 aliphatic carbocycles. The second kappa shape index (κ2) is 7.75. The second-order valence-electron chi connectivity index (χ2n) is 5.74. The monoisotopic (exact) mass is 279 g/mol. The summed E-state index contributed by atoms with van der Waals surface area (Å²) in [5.74, 6) is -0.142. The summed E-state index contributed by atoms with van der Waals surface area (Å²) in [6.45, 7) is 5.83. The molecule has 0 aromatic heterocycles. The lowest BCUT2D eigenvalue weighted by atomic mass is 9.96. The van der Waals surface area contributed by atoms with E-state index in [-0.39, 0.29) is 11.9 Å². The van der Waals surface area contributed by atoms with Gasteiger partial charge in [0.15, 0.2) is 0 Å². The Hall–Kier alpha value is -0.930. The molecule has 0 saturated carbocycles. The number of aryl methyl sites for hydroxylation is 1. The van der Waals surface area contributed by atoms with Gasteiger partial charge in [-0.3, -0.25) is 0 Å². The quantitative estimate of drug-likeness (QED) is 0.845. The van der Waals surface area contributed by atoms with E-state index in [0.717, 1.165) is 37.1 Å². The molecular weight excluding hydrogens is 253 g/mol. The molecule has 1 aromatic carbocycles. The van der Waals surface area contributed by atoms with Crippen LogP contribution in [0.4, 0.5) is 4.39 Å². The molecule has 1 heterocycles. The molecule has 1 N–H and O–H groups in total. The van der Waals surface area contributed by atoms with Crippen LogP contribution in [0.15, 0.2) is 18.2 Å². The summed E-state index contributed by atoms with van der Waals surface area (Å²) in [5, 5.41) is 3.47. The number of hydrogen-bond donors (Lipinski definition) is 1. The van der Waals surface area contributed by atoms with Crippen molar-refractivity contribution >= 4 is 0 Å². The summed E-state index contributed by atoms with van der Waals surface area (Å²) in [6, 6.07) is 5.54. The normalized spacial score (nSPS) is 20.9. The highest BCUT2D eigenvalue weighted by atomic mass is 19.1. The minimum absolute atomic E-state index is 0.142. The lowest BCUT2D eigenvalue weighted by Gasteiger charge is -2.25. The van der Waals surface area contributed by atoms with Gasteiger partial charge in [0.1, 0.15) is 5.82 Å². The van der Waals surface area contributed by atoms with Gasteiger partial charge in [-0.2, -0.15) is 0 Å². The Morgan fingerprint density at radius 2 is 2.20 bits per heavy atom. The van der Waals surface area contributed by atoms with Crippen LogP contribution in [-0.2, 0) is 4.74 Å². The summed E-state index contributed by atoms with van der Waals surface area (Å²) in [5.41, 5.74) is 2.04. The van der Waals surface area contributed by atoms with Gasteiger partial charge in [0.2, 0.25) is 0 Å². The average molecular weight is 279 g/mol. The van der Waals surface area contributed by atoms with Gasteiger partial charge in [0.25, 0.3) is 0 Å². The van der Waals surface area contributed by atoms with Crippen LogP contribution in [0.3, 0.4) is 0 Å². The van der Waals surface area contributed by atoms with Crippen LogP contribution in [0.5, 0.6) is 0 Å². The van der Waals surface area contributed by atoms with Crippen molar-refractivity contribution in [2.75, 3.05) is 13.2 Å². The Morgan fingerprint density at radius 1 is 1.35 bits per heavy atom. The van der Waals surface area contributed by atoms with Crippen LogP contribution < -0.4 is 5.32 Å². The zero-order valence-corrected chi connectivity index (χ0v) is 12.6. The maximum Gasteiger partial charge on any atom is 0.123 e. The van der Waals surface area contributed by atoms with Gasteiger partial charge in [0, 0.05) is 12.6 Å². The highest BCUT2D eigenvalue weighted by molar-refractivity contribution is 5.26. The number of ether oxygens (including phenoxy) is 1. The zero-order chi connectivity index (χ0) is 14.4. The molecule has 3 heteroatoms. The van der Waals surface area contributed by atoms with E-state index in [1.807, 2.05) is 6.92 Å². The smallest absolute Gasteiger partial charge is 0.123 e. The third kappa shape index (κ3) is 4.57. The molecule has 1 fully saturated rings. The summed E-state index contributed by atoms with van der Waals surface area (Å²) < 4.78 is 19.4. The average Bonchev–Trinajstić information content (AvgIpc) is 2.43. The molecule has 2 unspecified atom stereocenters. The third-order valence-electron chi connectivity index (χ3n) is 3.97. The molecule has 20 heavy (non-hydrogen) atoms.